The van der Waals surface area contributed by atoms with Gasteiger partial charge in [-0.3, -0.25) is 4.79 Å². The largest absolute Gasteiger partial charge is 0.393 e. The van der Waals surface area contributed by atoms with Gasteiger partial charge in [-0.05, 0) is 6.42 Å². The van der Waals surface area contributed by atoms with E-state index in [1.807, 2.05) is 12.2 Å². The summed E-state index contributed by atoms with van der Waals surface area (Å²) in [4.78, 5) is 12.7. The Morgan fingerprint density at radius 1 is 1.58 bits per heavy atom. The average molecular weight is 171 g/mol. The fourth-order valence-corrected chi connectivity index (χ4v) is 1.13. The fourth-order valence-electron chi connectivity index (χ4n) is 1.13. The van der Waals surface area contributed by atoms with E-state index in [-0.39, 0.29) is 5.91 Å². The van der Waals surface area contributed by atoms with Gasteiger partial charge in [0.25, 0.3) is 5.91 Å². The molecule has 4 heteroatoms. The Bertz CT molecular complexity index is 191. The second-order valence-electron chi connectivity index (χ2n) is 2.74. The molecule has 4 nitrogen and oxygen atoms in total. The van der Waals surface area contributed by atoms with E-state index in [0.29, 0.717) is 13.1 Å². The minimum absolute atomic E-state index is 0.387. The van der Waals surface area contributed by atoms with E-state index in [2.05, 4.69) is 0 Å². The van der Waals surface area contributed by atoms with Crippen molar-refractivity contribution in [1.82, 2.24) is 4.90 Å². The number of rotatable bonds is 2. The molecular weight excluding hydrogens is 158 g/mol. The molecule has 12 heavy (non-hydrogen) atoms. The highest BCUT2D eigenvalue weighted by atomic mass is 16.3. The van der Waals surface area contributed by atoms with Gasteiger partial charge in [0.1, 0.15) is 0 Å². The third-order valence-electron chi connectivity index (χ3n) is 1.83. The molecule has 68 valence electrons. The van der Waals surface area contributed by atoms with Crippen LogP contribution in [0.1, 0.15) is 6.42 Å². The first-order valence-electron chi connectivity index (χ1n) is 3.98. The van der Waals surface area contributed by atoms with Crippen molar-refractivity contribution >= 4 is 5.91 Å². The van der Waals surface area contributed by atoms with Crippen LogP contribution in [0, 0.1) is 0 Å². The highest BCUT2D eigenvalue weighted by Crippen LogP contribution is 2.03. The molecule has 1 amide bonds. The van der Waals surface area contributed by atoms with Gasteiger partial charge in [0.2, 0.25) is 0 Å². The van der Waals surface area contributed by atoms with Crippen molar-refractivity contribution in [2.45, 2.75) is 12.5 Å². The Kier molecular flexibility index (Phi) is 3.25. The third-order valence-corrected chi connectivity index (χ3v) is 1.83. The molecule has 1 aliphatic heterocycles. The maximum absolute atomic E-state index is 11.2. The van der Waals surface area contributed by atoms with Crippen molar-refractivity contribution in [2.75, 3.05) is 19.7 Å². The quantitative estimate of drug-likeness (QED) is 0.531. The van der Waals surface area contributed by atoms with Crippen LogP contribution in [0.5, 0.6) is 0 Å². The number of aliphatic hydroxyl groups is 2. The maximum Gasteiger partial charge on any atom is 0.254 e. The standard InChI is InChI=1S/C8H13NO3/c10-6-7(11)8(12)9-4-2-1-3-5-9/h1-2,7,10-11H,3-6H2/t7-/m0/s1. The summed E-state index contributed by atoms with van der Waals surface area (Å²) in [7, 11) is 0. The summed E-state index contributed by atoms with van der Waals surface area (Å²) in [5.74, 6) is -0.387. The topological polar surface area (TPSA) is 60.8 Å². The van der Waals surface area contributed by atoms with E-state index in [9.17, 15) is 4.79 Å². The van der Waals surface area contributed by atoms with Gasteiger partial charge >= 0.3 is 0 Å². The molecule has 0 radical (unpaired) electrons. The summed E-state index contributed by atoms with van der Waals surface area (Å²) in [6.07, 6.45) is 3.45. The summed E-state index contributed by atoms with van der Waals surface area (Å²) in [5.41, 5.74) is 0. The first kappa shape index (κ1) is 9.22. The molecule has 0 unspecified atom stereocenters. The van der Waals surface area contributed by atoms with Crippen molar-refractivity contribution in [3.8, 4) is 0 Å². The molecule has 0 aromatic rings. The summed E-state index contributed by atoms with van der Waals surface area (Å²) >= 11 is 0. The van der Waals surface area contributed by atoms with Crippen molar-refractivity contribution in [2.24, 2.45) is 0 Å². The van der Waals surface area contributed by atoms with Gasteiger partial charge in [-0.1, -0.05) is 12.2 Å². The molecule has 0 saturated heterocycles. The van der Waals surface area contributed by atoms with E-state index in [4.69, 9.17) is 10.2 Å². The smallest absolute Gasteiger partial charge is 0.254 e. The summed E-state index contributed by atoms with van der Waals surface area (Å²) in [6.45, 7) is 0.668. The summed E-state index contributed by atoms with van der Waals surface area (Å²) < 4.78 is 0. The van der Waals surface area contributed by atoms with E-state index < -0.39 is 12.7 Å². The van der Waals surface area contributed by atoms with Crippen LogP contribution in [-0.4, -0.2) is 46.8 Å². The Labute approximate surface area is 71.1 Å². The lowest BCUT2D eigenvalue weighted by molar-refractivity contribution is -0.141. The van der Waals surface area contributed by atoms with E-state index in [1.54, 1.807) is 0 Å². The number of carbonyl (C=O) groups is 1. The van der Waals surface area contributed by atoms with Crippen LogP contribution in [0.25, 0.3) is 0 Å². The second-order valence-corrected chi connectivity index (χ2v) is 2.74. The Morgan fingerprint density at radius 2 is 2.33 bits per heavy atom. The van der Waals surface area contributed by atoms with Crippen molar-refractivity contribution in [1.29, 1.82) is 0 Å². The van der Waals surface area contributed by atoms with Gasteiger partial charge < -0.3 is 15.1 Å². The number of nitrogens with zero attached hydrogens (tertiary/aromatic N) is 1. The normalized spacial score (nSPS) is 19.3. The molecule has 1 aliphatic rings. The molecule has 1 heterocycles. The van der Waals surface area contributed by atoms with Crippen LogP contribution in [0.2, 0.25) is 0 Å². The minimum atomic E-state index is -1.25. The van der Waals surface area contributed by atoms with Crippen LogP contribution < -0.4 is 0 Å². The number of hydrogen-bond donors (Lipinski definition) is 2. The molecule has 0 aromatic carbocycles. The monoisotopic (exact) mass is 171 g/mol. The Balaban J connectivity index is 2.46. The average Bonchev–Trinajstić information content (AvgIpc) is 2.17. The molecule has 0 spiro atoms. The Hall–Kier alpha value is -0.870. The maximum atomic E-state index is 11.2. The van der Waals surface area contributed by atoms with Crippen molar-refractivity contribution < 1.29 is 15.0 Å². The van der Waals surface area contributed by atoms with Gasteiger partial charge in [-0.25, -0.2) is 0 Å². The lowest BCUT2D eigenvalue weighted by atomic mass is 10.2. The van der Waals surface area contributed by atoms with Crippen LogP contribution >= 0.6 is 0 Å². The lowest BCUT2D eigenvalue weighted by Gasteiger charge is -2.24. The molecule has 0 aromatic heterocycles. The van der Waals surface area contributed by atoms with Crippen LogP contribution in [-0.2, 0) is 4.79 Å². The molecule has 0 bridgehead atoms. The molecule has 0 fully saturated rings. The molecule has 2 N–H and O–H groups in total. The minimum Gasteiger partial charge on any atom is -0.393 e. The number of hydrogen-bond acceptors (Lipinski definition) is 3. The fraction of sp³-hybridized carbons (Fsp3) is 0.625. The van der Waals surface area contributed by atoms with E-state index in [1.165, 1.54) is 4.90 Å². The lowest BCUT2D eigenvalue weighted by Crippen LogP contribution is -2.42. The highest BCUT2D eigenvalue weighted by molar-refractivity contribution is 5.81. The number of carbonyl (C=O) groups excluding carboxylic acids is 1. The molecule has 0 saturated carbocycles. The first-order chi connectivity index (χ1) is 5.75. The van der Waals surface area contributed by atoms with Gasteiger partial charge in [0.05, 0.1) is 6.61 Å². The zero-order chi connectivity index (χ0) is 8.97. The predicted octanol–water partition coefficient (Wildman–Crippen LogP) is -0.872. The van der Waals surface area contributed by atoms with Crippen molar-refractivity contribution in [3.05, 3.63) is 12.2 Å². The van der Waals surface area contributed by atoms with Crippen LogP contribution in [0.15, 0.2) is 12.2 Å². The van der Waals surface area contributed by atoms with E-state index >= 15 is 0 Å². The third kappa shape index (κ3) is 2.06. The highest BCUT2D eigenvalue weighted by Gasteiger charge is 2.20. The predicted molar refractivity (Wildman–Crippen MR) is 43.4 cm³/mol. The number of aliphatic hydroxyl groups excluding tert-OH is 2. The molecule has 1 rings (SSSR count). The molecule has 1 atom stereocenters. The van der Waals surface area contributed by atoms with E-state index in [0.717, 1.165) is 6.42 Å². The summed E-state index contributed by atoms with van der Waals surface area (Å²) in [6, 6.07) is 0. The van der Waals surface area contributed by atoms with Gasteiger partial charge in [0.15, 0.2) is 6.10 Å². The first-order valence-corrected chi connectivity index (χ1v) is 3.98. The van der Waals surface area contributed by atoms with Crippen molar-refractivity contribution in [3.63, 3.8) is 0 Å². The zero-order valence-corrected chi connectivity index (χ0v) is 6.81. The van der Waals surface area contributed by atoms with Crippen LogP contribution in [0.4, 0.5) is 0 Å². The van der Waals surface area contributed by atoms with Crippen LogP contribution in [0.3, 0.4) is 0 Å². The summed E-state index contributed by atoms with van der Waals surface area (Å²) in [5, 5.41) is 17.5. The number of amides is 1. The molecular formula is C8H13NO3. The molecule has 0 aliphatic carbocycles. The zero-order valence-electron chi connectivity index (χ0n) is 6.81. The SMILES string of the molecule is O=C([C@@H](O)CO)N1CC=CCC1. The Morgan fingerprint density at radius 3 is 2.83 bits per heavy atom. The second kappa shape index (κ2) is 4.23. The van der Waals surface area contributed by atoms with Gasteiger partial charge in [-0.15, -0.1) is 0 Å². The van der Waals surface area contributed by atoms with Gasteiger partial charge in [-0.2, -0.15) is 0 Å². The van der Waals surface area contributed by atoms with Gasteiger partial charge in [0, 0.05) is 13.1 Å².